The average molecular weight is 416 g/mol. The molecule has 1 N–H and O–H groups in total. The van der Waals surface area contributed by atoms with Gasteiger partial charge in [0.05, 0.1) is 8.66 Å². The van der Waals surface area contributed by atoms with Crippen molar-refractivity contribution in [1.29, 1.82) is 0 Å². The summed E-state index contributed by atoms with van der Waals surface area (Å²) in [6, 6.07) is 1.84. The molecular formula is C12H14Br2ClNOS. The third-order valence-corrected chi connectivity index (χ3v) is 7.26. The Balaban J connectivity index is 1.95. The van der Waals surface area contributed by atoms with Crippen LogP contribution in [0.5, 0.6) is 0 Å². The number of rotatable bonds is 4. The van der Waals surface area contributed by atoms with Gasteiger partial charge in [-0.2, -0.15) is 0 Å². The van der Waals surface area contributed by atoms with Crippen LogP contribution in [0.3, 0.4) is 0 Å². The third-order valence-electron chi connectivity index (χ3n) is 3.44. The molecule has 1 fully saturated rings. The van der Waals surface area contributed by atoms with Gasteiger partial charge in [0, 0.05) is 22.3 Å². The molecular weight excluding hydrogens is 401 g/mol. The van der Waals surface area contributed by atoms with Gasteiger partial charge < -0.3 is 5.32 Å². The van der Waals surface area contributed by atoms with Gasteiger partial charge in [0.25, 0.3) is 5.91 Å². The first kappa shape index (κ1) is 14.8. The van der Waals surface area contributed by atoms with Crippen molar-refractivity contribution in [3.63, 3.8) is 0 Å². The molecule has 6 heteroatoms. The second kappa shape index (κ2) is 6.25. The highest BCUT2D eigenvalue weighted by molar-refractivity contribution is 9.13. The van der Waals surface area contributed by atoms with E-state index in [-0.39, 0.29) is 11.3 Å². The van der Waals surface area contributed by atoms with Crippen molar-refractivity contribution in [1.82, 2.24) is 5.32 Å². The van der Waals surface area contributed by atoms with E-state index in [9.17, 15) is 4.79 Å². The fraction of sp³-hybridized carbons (Fsp3) is 0.583. The first-order valence-electron chi connectivity index (χ1n) is 5.85. The number of hydrogen-bond acceptors (Lipinski definition) is 2. The van der Waals surface area contributed by atoms with Crippen molar-refractivity contribution >= 4 is 60.7 Å². The second-order valence-electron chi connectivity index (χ2n) is 4.76. The van der Waals surface area contributed by atoms with Crippen LogP contribution in [0.15, 0.2) is 14.3 Å². The number of alkyl halides is 1. The topological polar surface area (TPSA) is 29.1 Å². The molecule has 0 aliphatic heterocycles. The molecule has 0 radical (unpaired) electrons. The smallest absolute Gasteiger partial charge is 0.261 e. The van der Waals surface area contributed by atoms with Gasteiger partial charge >= 0.3 is 0 Å². The predicted molar refractivity (Wildman–Crippen MR) is 83.7 cm³/mol. The molecule has 2 nitrogen and oxygen atoms in total. The molecule has 1 saturated carbocycles. The molecule has 0 spiro atoms. The number of carbonyl (C=O) groups excluding carboxylic acids is 1. The van der Waals surface area contributed by atoms with E-state index in [1.165, 1.54) is 24.2 Å². The van der Waals surface area contributed by atoms with Crippen LogP contribution >= 0.6 is 54.8 Å². The highest BCUT2D eigenvalue weighted by Crippen LogP contribution is 2.38. The normalized spacial score (nSPS) is 17.9. The maximum Gasteiger partial charge on any atom is 0.261 e. The van der Waals surface area contributed by atoms with Gasteiger partial charge in [-0.3, -0.25) is 4.79 Å². The lowest BCUT2D eigenvalue weighted by Crippen LogP contribution is -2.36. The monoisotopic (exact) mass is 413 g/mol. The molecule has 1 aliphatic carbocycles. The number of hydrogen-bond donors (Lipinski definition) is 1. The maximum atomic E-state index is 12.0. The van der Waals surface area contributed by atoms with Gasteiger partial charge in [-0.25, -0.2) is 0 Å². The number of amides is 1. The van der Waals surface area contributed by atoms with Gasteiger partial charge in [0.2, 0.25) is 0 Å². The summed E-state index contributed by atoms with van der Waals surface area (Å²) in [5.74, 6) is 0.619. The lowest BCUT2D eigenvalue weighted by molar-refractivity contribution is 0.0939. The molecule has 1 aliphatic rings. The number of nitrogens with one attached hydrogen (secondary N) is 1. The highest BCUT2D eigenvalue weighted by atomic mass is 79.9. The lowest BCUT2D eigenvalue weighted by atomic mass is 9.88. The summed E-state index contributed by atoms with van der Waals surface area (Å²) in [5, 5.41) is 3.02. The Kier molecular flexibility index (Phi) is 5.14. The SMILES string of the molecule is O=C(NCC1(CCl)CCCC1)c1cc(Br)c(Br)s1. The van der Waals surface area contributed by atoms with Gasteiger partial charge in [-0.05, 0) is 50.8 Å². The van der Waals surface area contributed by atoms with Crippen molar-refractivity contribution in [2.45, 2.75) is 25.7 Å². The van der Waals surface area contributed by atoms with Crippen LogP contribution in [-0.2, 0) is 0 Å². The summed E-state index contributed by atoms with van der Waals surface area (Å²) < 4.78 is 1.87. The van der Waals surface area contributed by atoms with Crippen molar-refractivity contribution in [2.24, 2.45) is 5.41 Å². The molecule has 0 aromatic carbocycles. The first-order chi connectivity index (χ1) is 8.56. The molecule has 0 atom stereocenters. The van der Waals surface area contributed by atoms with Crippen LogP contribution in [0.2, 0.25) is 0 Å². The molecule has 1 amide bonds. The molecule has 100 valence electrons. The summed E-state index contributed by atoms with van der Waals surface area (Å²) in [4.78, 5) is 12.8. The summed E-state index contributed by atoms with van der Waals surface area (Å²) in [6.45, 7) is 0.683. The summed E-state index contributed by atoms with van der Waals surface area (Å²) >= 11 is 14.3. The minimum absolute atomic E-state index is 0.0113. The molecule has 0 saturated heterocycles. The standard InChI is InChI=1S/C12H14Br2ClNOS/c13-8-5-9(18-10(8)14)11(17)16-7-12(6-15)3-1-2-4-12/h5H,1-4,6-7H2,(H,16,17). The van der Waals surface area contributed by atoms with Gasteiger partial charge in [0.15, 0.2) is 0 Å². The minimum atomic E-state index is -0.0113. The minimum Gasteiger partial charge on any atom is -0.351 e. The van der Waals surface area contributed by atoms with E-state index in [2.05, 4.69) is 37.2 Å². The van der Waals surface area contributed by atoms with E-state index in [1.807, 2.05) is 6.07 Å². The van der Waals surface area contributed by atoms with Crippen LogP contribution in [0.25, 0.3) is 0 Å². The average Bonchev–Trinajstić information content (AvgIpc) is 2.95. The molecule has 2 rings (SSSR count). The molecule has 1 aromatic heterocycles. The van der Waals surface area contributed by atoms with Crippen molar-refractivity contribution in [2.75, 3.05) is 12.4 Å². The van der Waals surface area contributed by atoms with Gasteiger partial charge in [0.1, 0.15) is 0 Å². The Labute approximate surface area is 133 Å². The quantitative estimate of drug-likeness (QED) is 0.703. The number of halogens is 3. The Morgan fingerprint density at radius 2 is 2.11 bits per heavy atom. The fourth-order valence-corrected chi connectivity index (χ4v) is 4.61. The zero-order chi connectivity index (χ0) is 13.2. The van der Waals surface area contributed by atoms with Crippen molar-refractivity contribution < 1.29 is 4.79 Å². The molecule has 0 bridgehead atoms. The van der Waals surface area contributed by atoms with Crippen LogP contribution in [0, 0.1) is 5.41 Å². The first-order valence-corrected chi connectivity index (χ1v) is 8.79. The van der Waals surface area contributed by atoms with Crippen LogP contribution in [0.1, 0.15) is 35.4 Å². The van der Waals surface area contributed by atoms with Gasteiger partial charge in [-0.1, -0.05) is 12.8 Å². The second-order valence-corrected chi connectivity index (χ2v) is 8.25. The molecule has 1 aromatic rings. The molecule has 0 unspecified atom stereocenters. The van der Waals surface area contributed by atoms with E-state index in [4.69, 9.17) is 11.6 Å². The van der Waals surface area contributed by atoms with Crippen LogP contribution in [0.4, 0.5) is 0 Å². The Morgan fingerprint density at radius 3 is 2.61 bits per heavy atom. The van der Waals surface area contributed by atoms with Crippen LogP contribution in [-0.4, -0.2) is 18.3 Å². The van der Waals surface area contributed by atoms with Gasteiger partial charge in [-0.15, -0.1) is 22.9 Å². The van der Waals surface area contributed by atoms with E-state index < -0.39 is 0 Å². The summed E-state index contributed by atoms with van der Waals surface area (Å²) in [6.07, 6.45) is 4.68. The fourth-order valence-electron chi connectivity index (χ4n) is 2.30. The molecule has 18 heavy (non-hydrogen) atoms. The number of carbonyl (C=O) groups is 1. The molecule has 1 heterocycles. The zero-order valence-electron chi connectivity index (χ0n) is 9.77. The Bertz CT molecular complexity index is 424. The van der Waals surface area contributed by atoms with E-state index in [0.717, 1.165) is 26.0 Å². The maximum absolute atomic E-state index is 12.0. The van der Waals surface area contributed by atoms with Crippen molar-refractivity contribution in [3.8, 4) is 0 Å². The third kappa shape index (κ3) is 3.30. The summed E-state index contributed by atoms with van der Waals surface area (Å²) in [7, 11) is 0. The Hall–Kier alpha value is 0.420. The number of thiophene rings is 1. The largest absolute Gasteiger partial charge is 0.351 e. The zero-order valence-corrected chi connectivity index (χ0v) is 14.5. The summed E-state index contributed by atoms with van der Waals surface area (Å²) in [5.41, 5.74) is 0.114. The van der Waals surface area contributed by atoms with E-state index in [0.29, 0.717) is 12.4 Å². The van der Waals surface area contributed by atoms with E-state index >= 15 is 0 Å². The highest BCUT2D eigenvalue weighted by Gasteiger charge is 2.33. The van der Waals surface area contributed by atoms with Crippen LogP contribution < -0.4 is 5.32 Å². The lowest BCUT2D eigenvalue weighted by Gasteiger charge is -2.26. The predicted octanol–water partition coefficient (Wildman–Crippen LogP) is 4.80. The Morgan fingerprint density at radius 1 is 1.44 bits per heavy atom. The van der Waals surface area contributed by atoms with E-state index in [1.54, 1.807) is 0 Å². The van der Waals surface area contributed by atoms with Crippen molar-refractivity contribution in [3.05, 3.63) is 19.2 Å².